The van der Waals surface area contributed by atoms with Crippen molar-refractivity contribution in [3.8, 4) is 11.1 Å². The molecule has 0 aliphatic heterocycles. The van der Waals surface area contributed by atoms with Gasteiger partial charge in [-0.2, -0.15) is 0 Å². The van der Waals surface area contributed by atoms with Crippen molar-refractivity contribution in [2.24, 2.45) is 11.1 Å². The lowest BCUT2D eigenvalue weighted by Gasteiger charge is -2.41. The maximum atomic E-state index is 15.3. The molecule has 24 heteroatoms. The molecule has 1 aromatic heterocycles. The number of benzene rings is 2. The Kier molecular flexibility index (Phi) is 23.1. The van der Waals surface area contributed by atoms with Gasteiger partial charge in [0.1, 0.15) is 42.4 Å². The Morgan fingerprint density at radius 2 is 1.37 bits per heavy atom. The largest absolute Gasteiger partial charge is 0.481 e. The third-order valence-corrected chi connectivity index (χ3v) is 11.2. The van der Waals surface area contributed by atoms with Crippen LogP contribution in [0.25, 0.3) is 11.1 Å². The number of hydrogen-bond acceptors (Lipinski definition) is 11. The maximum Gasteiger partial charge on any atom is 0.303 e. The van der Waals surface area contributed by atoms with E-state index in [0.29, 0.717) is 5.69 Å². The average Bonchev–Trinajstić information content (AvgIpc) is 3.73. The van der Waals surface area contributed by atoms with E-state index >= 15 is 4.39 Å². The number of hydrogen-bond donors (Lipinski definition) is 10. The maximum absolute atomic E-state index is 15.3. The summed E-state index contributed by atoms with van der Waals surface area (Å²) < 4.78 is 31.7. The van der Waals surface area contributed by atoms with Crippen LogP contribution in [0.1, 0.15) is 90.9 Å². The molecule has 398 valence electrons. The minimum atomic E-state index is -1.76. The molecule has 22 nitrogen and oxygen atoms in total. The number of nitrogens with zero attached hydrogens (tertiary/aromatic N) is 2. The van der Waals surface area contributed by atoms with Crippen LogP contribution in [0.4, 0.5) is 8.78 Å². The smallest absolute Gasteiger partial charge is 0.303 e. The summed E-state index contributed by atoms with van der Waals surface area (Å²) >= 11 is 0. The van der Waals surface area contributed by atoms with Crippen molar-refractivity contribution in [2.45, 2.75) is 110 Å². The van der Waals surface area contributed by atoms with Gasteiger partial charge in [-0.1, -0.05) is 58.0 Å². The molecule has 5 atom stereocenters. The molecule has 3 aromatic rings. The highest BCUT2D eigenvalue weighted by molar-refractivity contribution is 5.97. The highest BCUT2D eigenvalue weighted by Crippen LogP contribution is 2.41. The van der Waals surface area contributed by atoms with Crippen LogP contribution >= 0.6 is 0 Å². The Morgan fingerprint density at radius 1 is 0.740 bits per heavy atom. The average molecular weight is 1030 g/mol. The summed E-state index contributed by atoms with van der Waals surface area (Å²) in [6.07, 6.45) is -0.361. The molecule has 0 spiro atoms. The summed E-state index contributed by atoms with van der Waals surface area (Å²) in [7, 11) is 0. The zero-order valence-corrected chi connectivity index (χ0v) is 41.6. The Morgan fingerprint density at radius 3 is 1.99 bits per heavy atom. The van der Waals surface area contributed by atoms with Gasteiger partial charge in [-0.3, -0.25) is 47.9 Å². The van der Waals surface area contributed by atoms with E-state index in [-0.39, 0.29) is 56.2 Å². The second-order valence-electron chi connectivity index (χ2n) is 18.2. The molecule has 0 aliphatic rings. The number of carbonyl (C=O) groups is 10. The first-order chi connectivity index (χ1) is 34.3. The lowest BCUT2D eigenvalue weighted by atomic mass is 9.82. The van der Waals surface area contributed by atoms with Crippen molar-refractivity contribution < 1.29 is 66.9 Å². The quantitative estimate of drug-likeness (QED) is 0.0438. The van der Waals surface area contributed by atoms with Gasteiger partial charge >= 0.3 is 5.97 Å². The lowest BCUT2D eigenvalue weighted by Crippen LogP contribution is -2.58. The van der Waals surface area contributed by atoms with Gasteiger partial charge in [-0.15, -0.1) is 0 Å². The monoisotopic (exact) mass is 1020 g/mol. The zero-order valence-electron chi connectivity index (χ0n) is 41.6. The van der Waals surface area contributed by atoms with Gasteiger partial charge in [-0.05, 0) is 55.5 Å². The number of carboxylic acids is 1. The highest BCUT2D eigenvalue weighted by Gasteiger charge is 2.38. The number of aliphatic hydroxyl groups is 1. The normalized spacial score (nSPS) is 13.2. The van der Waals surface area contributed by atoms with Crippen molar-refractivity contribution in [3.05, 3.63) is 83.7 Å². The highest BCUT2D eigenvalue weighted by atomic mass is 19.1. The fourth-order valence-electron chi connectivity index (χ4n) is 7.50. The number of carbonyl (C=O) groups excluding carboxylic acids is 9. The van der Waals surface area contributed by atoms with Crippen molar-refractivity contribution in [2.75, 3.05) is 32.8 Å². The van der Waals surface area contributed by atoms with Gasteiger partial charge in [0.15, 0.2) is 0 Å². The van der Waals surface area contributed by atoms with E-state index < -0.39 is 133 Å². The van der Waals surface area contributed by atoms with E-state index in [0.717, 1.165) is 23.8 Å². The van der Waals surface area contributed by atoms with E-state index in [1.165, 1.54) is 18.7 Å². The summed E-state index contributed by atoms with van der Waals surface area (Å²) in [6, 6.07) is 6.80. The van der Waals surface area contributed by atoms with Crippen LogP contribution in [0, 0.1) is 17.0 Å². The van der Waals surface area contributed by atoms with Crippen LogP contribution in [0.5, 0.6) is 0 Å². The van der Waals surface area contributed by atoms with Gasteiger partial charge in [0.25, 0.3) is 0 Å². The minimum Gasteiger partial charge on any atom is -0.481 e. The van der Waals surface area contributed by atoms with E-state index in [9.17, 15) is 57.4 Å². The number of primary amides is 1. The van der Waals surface area contributed by atoms with Crippen molar-refractivity contribution in [3.63, 3.8) is 0 Å². The van der Waals surface area contributed by atoms with Crippen LogP contribution in [-0.4, -0.2) is 136 Å². The molecule has 0 saturated heterocycles. The van der Waals surface area contributed by atoms with Crippen molar-refractivity contribution in [1.82, 2.24) is 46.7 Å². The Labute approximate surface area is 420 Å². The molecule has 3 rings (SSSR count). The Balaban J connectivity index is 2.01. The molecular weight excluding hydrogens is 959 g/mol. The van der Waals surface area contributed by atoms with Crippen LogP contribution < -0.4 is 43.0 Å². The number of nitrogens with two attached hydrogens (primary N) is 1. The van der Waals surface area contributed by atoms with Crippen LogP contribution in [-0.2, 0) is 54.5 Å². The SMILES string of the molecule is CCC(=O)NCC(=O)NCCNC(=O)[C@H](CCN(C(=O)CO)[C@@H](c1cc(-c2cc(F)ccc2F)cn1Cc1ccccc1)C(C)(C)C)NC(=O)[C@H](CC(N)=O)NC(=O)[C@H](C)NC(=O)[C@H](C)NC(=O)CCC(=O)O. The van der Waals surface area contributed by atoms with Crippen molar-refractivity contribution in [1.29, 1.82) is 0 Å². The lowest BCUT2D eigenvalue weighted by molar-refractivity contribution is -0.140. The van der Waals surface area contributed by atoms with Crippen molar-refractivity contribution >= 4 is 59.1 Å². The third kappa shape index (κ3) is 19.4. The molecular formula is C49H66F2N10O12. The molecule has 1 heterocycles. The fourth-order valence-corrected chi connectivity index (χ4v) is 7.50. The Bertz CT molecular complexity index is 2460. The number of aromatic nitrogens is 1. The second-order valence-corrected chi connectivity index (χ2v) is 18.2. The minimum absolute atomic E-state index is 0.0653. The standard InChI is InChI=1S/C49H66F2N10O12/c1-7-39(64)55-24-41(66)53-18-19-54-47(72)35(58-48(73)36(23-38(52)63)59-46(71)29(3)57-45(70)28(2)56-40(65)15-16-43(68)69)17-20-61(42(67)27-62)44(49(4,5)6)37-21-31(33-22-32(50)13-14-34(33)51)26-60(37)25-30-11-9-8-10-12-30/h8-14,21-22,26,28-29,35-36,44,62H,7,15-20,23-25,27H2,1-6H3,(H2,52,63)(H,53,66)(H,54,72)(H,55,64)(H,56,65)(H,57,70)(H,58,73)(H,59,71)(H,68,69)/t28-,29-,35-,36-,44-/m0/s1. The molecule has 0 unspecified atom stereocenters. The van der Waals surface area contributed by atoms with Gasteiger partial charge in [0.2, 0.25) is 53.2 Å². The molecule has 73 heavy (non-hydrogen) atoms. The van der Waals surface area contributed by atoms with Gasteiger partial charge in [-0.25, -0.2) is 8.78 Å². The number of halogens is 2. The van der Waals surface area contributed by atoms with E-state index in [2.05, 4.69) is 37.2 Å². The van der Waals surface area contributed by atoms with E-state index in [1.807, 2.05) is 30.3 Å². The summed E-state index contributed by atoms with van der Waals surface area (Å²) in [4.78, 5) is 129. The molecule has 0 bridgehead atoms. The number of nitrogens with one attached hydrogen (secondary N) is 7. The summed E-state index contributed by atoms with van der Waals surface area (Å²) in [5.41, 5.74) is 6.01. The zero-order chi connectivity index (χ0) is 54.6. The molecule has 9 amide bonds. The van der Waals surface area contributed by atoms with Crippen LogP contribution in [0.2, 0.25) is 0 Å². The second kappa shape index (κ2) is 28.3. The molecule has 0 aliphatic carbocycles. The summed E-state index contributed by atoms with van der Waals surface area (Å²) in [5, 5.41) is 36.2. The van der Waals surface area contributed by atoms with E-state index in [4.69, 9.17) is 10.8 Å². The topological polar surface area (TPSA) is 330 Å². The molecule has 0 fully saturated rings. The number of aliphatic carboxylic acids is 1. The first-order valence-electron chi connectivity index (χ1n) is 23.5. The number of aliphatic hydroxyl groups excluding tert-OH is 1. The fraction of sp³-hybridized carbons (Fsp3) is 0.469. The molecule has 2 aromatic carbocycles. The summed E-state index contributed by atoms with van der Waals surface area (Å²) in [6.45, 7) is 7.61. The first-order valence-corrected chi connectivity index (χ1v) is 23.5. The third-order valence-electron chi connectivity index (χ3n) is 11.2. The number of carboxylic acid groups (broad SMARTS) is 1. The van der Waals surface area contributed by atoms with Gasteiger partial charge in [0, 0.05) is 62.0 Å². The first kappa shape index (κ1) is 59.5. The molecule has 11 N–H and O–H groups in total. The molecule has 0 radical (unpaired) electrons. The van der Waals surface area contributed by atoms with E-state index in [1.54, 1.807) is 44.5 Å². The van der Waals surface area contributed by atoms with Crippen LogP contribution in [0.15, 0.2) is 60.8 Å². The number of amides is 9. The van der Waals surface area contributed by atoms with Gasteiger partial charge < -0.3 is 62.6 Å². The van der Waals surface area contributed by atoms with Gasteiger partial charge in [0.05, 0.1) is 25.4 Å². The van der Waals surface area contributed by atoms with Crippen LogP contribution in [0.3, 0.4) is 0 Å². The molecule has 0 saturated carbocycles. The predicted octanol–water partition coefficient (Wildman–Crippen LogP) is 0.258. The predicted molar refractivity (Wildman–Crippen MR) is 260 cm³/mol. The Hall–Kier alpha value is -7.76. The number of rotatable bonds is 28. The summed E-state index contributed by atoms with van der Waals surface area (Å²) in [5.74, 6) is -10.1.